The number of pyridine rings is 1. The van der Waals surface area contributed by atoms with Gasteiger partial charge in [0.1, 0.15) is 17.3 Å². The molecule has 3 aromatic rings. The molecule has 1 N–H and O–H groups in total. The molecule has 0 aliphatic heterocycles. The molecule has 116 valence electrons. The number of carbonyl (C=O) groups is 1. The van der Waals surface area contributed by atoms with E-state index in [9.17, 15) is 9.18 Å². The second-order valence-corrected chi connectivity index (χ2v) is 4.74. The molecule has 2 aromatic carbocycles. The first-order valence-corrected chi connectivity index (χ1v) is 6.79. The minimum atomic E-state index is -1.04. The summed E-state index contributed by atoms with van der Waals surface area (Å²) in [5.41, 5.74) is 0.504. The summed E-state index contributed by atoms with van der Waals surface area (Å²) in [6.07, 6.45) is 0. The van der Waals surface area contributed by atoms with Crippen LogP contribution in [0.3, 0.4) is 0 Å². The van der Waals surface area contributed by atoms with Crippen molar-refractivity contribution in [2.75, 3.05) is 6.61 Å². The van der Waals surface area contributed by atoms with Crippen LogP contribution in [-0.4, -0.2) is 22.7 Å². The first-order valence-electron chi connectivity index (χ1n) is 6.79. The van der Waals surface area contributed by atoms with Crippen LogP contribution in [0.1, 0.15) is 0 Å². The molecule has 0 spiro atoms. The van der Waals surface area contributed by atoms with E-state index in [1.165, 1.54) is 12.1 Å². The van der Waals surface area contributed by atoms with Gasteiger partial charge in [-0.1, -0.05) is 0 Å². The van der Waals surface area contributed by atoms with E-state index < -0.39 is 12.6 Å². The molecule has 23 heavy (non-hydrogen) atoms. The zero-order chi connectivity index (χ0) is 16.2. The standard InChI is InChI=1S/C17H12FNO4/c18-12-3-1-11-2-8-16(19-15(11)9-12)23-14-6-4-13(5-7-14)22-10-17(20)21/h1-9H,10H2,(H,20,21). The zero-order valence-electron chi connectivity index (χ0n) is 11.9. The maximum Gasteiger partial charge on any atom is 0.341 e. The van der Waals surface area contributed by atoms with Gasteiger partial charge in [0.05, 0.1) is 5.52 Å². The molecule has 0 radical (unpaired) electrons. The summed E-state index contributed by atoms with van der Waals surface area (Å²) in [6.45, 7) is -0.405. The van der Waals surface area contributed by atoms with Crippen molar-refractivity contribution in [2.24, 2.45) is 0 Å². The van der Waals surface area contributed by atoms with Gasteiger partial charge in [-0.15, -0.1) is 0 Å². The number of aliphatic carboxylic acids is 1. The molecule has 6 heteroatoms. The number of rotatable bonds is 5. The van der Waals surface area contributed by atoms with Gasteiger partial charge in [0.25, 0.3) is 0 Å². The molecule has 0 saturated heterocycles. The zero-order valence-corrected chi connectivity index (χ0v) is 11.9. The van der Waals surface area contributed by atoms with Crippen molar-refractivity contribution in [1.82, 2.24) is 4.98 Å². The second-order valence-electron chi connectivity index (χ2n) is 4.74. The molecule has 0 amide bonds. The molecule has 5 nitrogen and oxygen atoms in total. The molecule has 0 unspecified atom stereocenters. The molecule has 0 atom stereocenters. The van der Waals surface area contributed by atoms with Gasteiger partial charge in [0.2, 0.25) is 5.88 Å². The topological polar surface area (TPSA) is 68.7 Å². The third-order valence-electron chi connectivity index (χ3n) is 3.04. The number of halogens is 1. The third kappa shape index (κ3) is 3.74. The molecule has 3 rings (SSSR count). The van der Waals surface area contributed by atoms with Crippen LogP contribution < -0.4 is 9.47 Å². The number of carboxylic acid groups (broad SMARTS) is 1. The van der Waals surface area contributed by atoms with Crippen LogP contribution in [0.4, 0.5) is 4.39 Å². The Morgan fingerprint density at radius 1 is 1.04 bits per heavy atom. The van der Waals surface area contributed by atoms with E-state index in [0.29, 0.717) is 22.9 Å². The Morgan fingerprint density at radius 2 is 1.74 bits per heavy atom. The Bertz CT molecular complexity index is 849. The number of hydrogen-bond acceptors (Lipinski definition) is 4. The fourth-order valence-electron chi connectivity index (χ4n) is 2.00. The van der Waals surface area contributed by atoms with Crippen molar-refractivity contribution in [3.05, 3.63) is 60.4 Å². The SMILES string of the molecule is O=C(O)COc1ccc(Oc2ccc3ccc(F)cc3n2)cc1. The van der Waals surface area contributed by atoms with Gasteiger partial charge in [0, 0.05) is 17.5 Å². The molecular formula is C17H12FNO4. The average Bonchev–Trinajstić information content (AvgIpc) is 2.54. The molecule has 0 aliphatic rings. The lowest BCUT2D eigenvalue weighted by Gasteiger charge is -2.07. The van der Waals surface area contributed by atoms with Crippen molar-refractivity contribution in [3.8, 4) is 17.4 Å². The lowest BCUT2D eigenvalue weighted by molar-refractivity contribution is -0.139. The highest BCUT2D eigenvalue weighted by atomic mass is 19.1. The Kier molecular flexibility index (Phi) is 4.05. The van der Waals surface area contributed by atoms with Crippen LogP contribution in [0.25, 0.3) is 10.9 Å². The number of aromatic nitrogens is 1. The fraction of sp³-hybridized carbons (Fsp3) is 0.0588. The average molecular weight is 313 g/mol. The first-order chi connectivity index (χ1) is 11.1. The van der Waals surface area contributed by atoms with Gasteiger partial charge < -0.3 is 14.6 Å². The van der Waals surface area contributed by atoms with Crippen LogP contribution >= 0.6 is 0 Å². The van der Waals surface area contributed by atoms with Crippen molar-refractivity contribution >= 4 is 16.9 Å². The van der Waals surface area contributed by atoms with Crippen molar-refractivity contribution in [2.45, 2.75) is 0 Å². The smallest absolute Gasteiger partial charge is 0.341 e. The van der Waals surface area contributed by atoms with E-state index in [-0.39, 0.29) is 5.82 Å². The van der Waals surface area contributed by atoms with Crippen molar-refractivity contribution in [3.63, 3.8) is 0 Å². The second kappa shape index (κ2) is 6.31. The molecule has 1 aromatic heterocycles. The molecule has 0 saturated carbocycles. The normalized spacial score (nSPS) is 10.5. The lowest BCUT2D eigenvalue weighted by Crippen LogP contribution is -2.09. The Balaban J connectivity index is 1.75. The Hall–Kier alpha value is -3.15. The number of ether oxygens (including phenoxy) is 2. The largest absolute Gasteiger partial charge is 0.482 e. The van der Waals surface area contributed by atoms with Crippen LogP contribution in [0.15, 0.2) is 54.6 Å². The van der Waals surface area contributed by atoms with Gasteiger partial charge in [-0.05, 0) is 42.5 Å². The van der Waals surface area contributed by atoms with Crippen molar-refractivity contribution < 1.29 is 23.8 Å². The van der Waals surface area contributed by atoms with Gasteiger partial charge in [-0.3, -0.25) is 0 Å². The van der Waals surface area contributed by atoms with Crippen LogP contribution in [0, 0.1) is 5.82 Å². The van der Waals surface area contributed by atoms with E-state index >= 15 is 0 Å². The summed E-state index contributed by atoms with van der Waals surface area (Å²) in [7, 11) is 0. The van der Waals surface area contributed by atoms with E-state index in [4.69, 9.17) is 14.6 Å². The fourth-order valence-corrected chi connectivity index (χ4v) is 2.00. The number of fused-ring (bicyclic) bond motifs is 1. The number of carboxylic acids is 1. The lowest BCUT2D eigenvalue weighted by atomic mass is 10.2. The Labute approximate surface area is 130 Å². The van der Waals surface area contributed by atoms with Crippen molar-refractivity contribution in [1.29, 1.82) is 0 Å². The highest BCUT2D eigenvalue weighted by Crippen LogP contribution is 2.24. The molecule has 1 heterocycles. The van der Waals surface area contributed by atoms with E-state index in [1.54, 1.807) is 42.5 Å². The summed E-state index contributed by atoms with van der Waals surface area (Å²) < 4.78 is 23.9. The molecule has 0 fully saturated rings. The van der Waals surface area contributed by atoms with Crippen LogP contribution in [0.5, 0.6) is 17.4 Å². The van der Waals surface area contributed by atoms with E-state index in [0.717, 1.165) is 5.39 Å². The summed E-state index contributed by atoms with van der Waals surface area (Å²) in [6, 6.07) is 14.3. The summed E-state index contributed by atoms with van der Waals surface area (Å²) in [5, 5.41) is 9.36. The minimum absolute atomic E-state index is 0.335. The number of hydrogen-bond donors (Lipinski definition) is 1. The maximum absolute atomic E-state index is 13.2. The summed E-state index contributed by atoms with van der Waals surface area (Å²) in [5.74, 6) is -0.133. The predicted octanol–water partition coefficient (Wildman–Crippen LogP) is 3.63. The Morgan fingerprint density at radius 3 is 2.48 bits per heavy atom. The van der Waals surface area contributed by atoms with Gasteiger partial charge >= 0.3 is 5.97 Å². The van der Waals surface area contributed by atoms with Gasteiger partial charge in [0.15, 0.2) is 6.61 Å². The highest BCUT2D eigenvalue weighted by molar-refractivity contribution is 5.79. The molecule has 0 aliphatic carbocycles. The summed E-state index contributed by atoms with van der Waals surface area (Å²) >= 11 is 0. The van der Waals surface area contributed by atoms with Crippen LogP contribution in [0.2, 0.25) is 0 Å². The van der Waals surface area contributed by atoms with Gasteiger partial charge in [-0.2, -0.15) is 0 Å². The van der Waals surface area contributed by atoms with E-state index in [1.807, 2.05) is 0 Å². The number of benzene rings is 2. The maximum atomic E-state index is 13.2. The minimum Gasteiger partial charge on any atom is -0.482 e. The van der Waals surface area contributed by atoms with Gasteiger partial charge in [-0.25, -0.2) is 14.2 Å². The monoisotopic (exact) mass is 313 g/mol. The summed E-state index contributed by atoms with van der Waals surface area (Å²) in [4.78, 5) is 14.7. The highest BCUT2D eigenvalue weighted by Gasteiger charge is 2.04. The quantitative estimate of drug-likeness (QED) is 0.779. The predicted molar refractivity (Wildman–Crippen MR) is 81.3 cm³/mol. The molecular weight excluding hydrogens is 301 g/mol. The van der Waals surface area contributed by atoms with E-state index in [2.05, 4.69) is 4.98 Å². The number of nitrogens with zero attached hydrogens (tertiary/aromatic N) is 1. The molecule has 0 bridgehead atoms. The third-order valence-corrected chi connectivity index (χ3v) is 3.04. The van der Waals surface area contributed by atoms with Crippen LogP contribution in [-0.2, 0) is 4.79 Å². The first kappa shape index (κ1) is 14.8.